The van der Waals surface area contributed by atoms with E-state index >= 15 is 0 Å². The van der Waals surface area contributed by atoms with Crippen molar-refractivity contribution in [3.8, 4) is 11.3 Å². The molecule has 5 nitrogen and oxygen atoms in total. The maximum atomic E-state index is 14.1. The van der Waals surface area contributed by atoms with Crippen molar-refractivity contribution in [2.45, 2.75) is 13.8 Å². The van der Waals surface area contributed by atoms with Crippen LogP contribution in [0.15, 0.2) is 59.7 Å². The van der Waals surface area contributed by atoms with Crippen molar-refractivity contribution in [2.24, 2.45) is 5.10 Å². The van der Waals surface area contributed by atoms with Crippen LogP contribution in [0.25, 0.3) is 11.3 Å². The molecule has 0 fully saturated rings. The van der Waals surface area contributed by atoms with E-state index in [4.69, 9.17) is 0 Å². The Labute approximate surface area is 158 Å². The standard InChI is InChI=1S/C21H22FN5/c1-14(16-9-11-17(12-10-16)27(3)4)25-26-21-13-20(23-15(2)24-21)18-7-5-6-8-19(18)22/h5-13H,1-4H3,(H,23,24,26). The van der Waals surface area contributed by atoms with Crippen LogP contribution >= 0.6 is 0 Å². The number of nitrogens with zero attached hydrogens (tertiary/aromatic N) is 4. The van der Waals surface area contributed by atoms with Crippen molar-refractivity contribution < 1.29 is 4.39 Å². The van der Waals surface area contributed by atoms with E-state index < -0.39 is 0 Å². The lowest BCUT2D eigenvalue weighted by Gasteiger charge is -2.12. The summed E-state index contributed by atoms with van der Waals surface area (Å²) < 4.78 is 14.1. The molecule has 0 saturated heterocycles. The number of rotatable bonds is 5. The van der Waals surface area contributed by atoms with Crippen molar-refractivity contribution in [1.82, 2.24) is 9.97 Å². The van der Waals surface area contributed by atoms with Gasteiger partial charge in [-0.15, -0.1) is 0 Å². The predicted octanol–water partition coefficient (Wildman–Crippen LogP) is 4.49. The van der Waals surface area contributed by atoms with E-state index in [1.807, 2.05) is 50.2 Å². The highest BCUT2D eigenvalue weighted by Crippen LogP contribution is 2.22. The van der Waals surface area contributed by atoms with Gasteiger partial charge in [-0.2, -0.15) is 5.10 Å². The fourth-order valence-corrected chi connectivity index (χ4v) is 2.64. The molecular weight excluding hydrogens is 341 g/mol. The van der Waals surface area contributed by atoms with Gasteiger partial charge < -0.3 is 4.90 Å². The lowest BCUT2D eigenvalue weighted by Crippen LogP contribution is -2.09. The van der Waals surface area contributed by atoms with E-state index in [0.29, 0.717) is 22.9 Å². The zero-order valence-corrected chi connectivity index (χ0v) is 15.9. The molecule has 0 radical (unpaired) electrons. The summed E-state index contributed by atoms with van der Waals surface area (Å²) in [5.41, 5.74) is 6.87. The number of hydrogen-bond acceptors (Lipinski definition) is 5. The Hall–Kier alpha value is -3.28. The molecule has 138 valence electrons. The summed E-state index contributed by atoms with van der Waals surface area (Å²) in [5.74, 6) is 0.744. The first-order valence-electron chi connectivity index (χ1n) is 8.62. The first-order chi connectivity index (χ1) is 12.9. The number of aryl methyl sites for hydroxylation is 1. The molecule has 6 heteroatoms. The van der Waals surface area contributed by atoms with E-state index in [2.05, 4.69) is 20.5 Å². The highest BCUT2D eigenvalue weighted by Gasteiger charge is 2.08. The summed E-state index contributed by atoms with van der Waals surface area (Å²) in [7, 11) is 4.00. The van der Waals surface area contributed by atoms with Crippen LogP contribution in [0, 0.1) is 12.7 Å². The second-order valence-electron chi connectivity index (χ2n) is 6.42. The molecule has 2 aromatic carbocycles. The first-order valence-corrected chi connectivity index (χ1v) is 8.62. The second-order valence-corrected chi connectivity index (χ2v) is 6.42. The Morgan fingerprint density at radius 2 is 1.74 bits per heavy atom. The molecule has 0 unspecified atom stereocenters. The normalized spacial score (nSPS) is 11.4. The van der Waals surface area contributed by atoms with Gasteiger partial charge in [0.2, 0.25) is 0 Å². The zero-order valence-electron chi connectivity index (χ0n) is 15.9. The molecule has 3 aromatic rings. The maximum absolute atomic E-state index is 14.1. The average Bonchev–Trinajstić information content (AvgIpc) is 2.66. The second kappa shape index (κ2) is 7.95. The summed E-state index contributed by atoms with van der Waals surface area (Å²) in [4.78, 5) is 10.7. The number of anilines is 2. The quantitative estimate of drug-likeness (QED) is 0.536. The molecule has 3 rings (SSSR count). The summed E-state index contributed by atoms with van der Waals surface area (Å²) in [6.07, 6.45) is 0. The maximum Gasteiger partial charge on any atom is 0.150 e. The molecule has 0 amide bonds. The molecule has 0 spiro atoms. The number of aromatic nitrogens is 2. The van der Waals surface area contributed by atoms with Crippen LogP contribution < -0.4 is 10.3 Å². The fraction of sp³-hybridized carbons (Fsp3) is 0.190. The van der Waals surface area contributed by atoms with Gasteiger partial charge in [-0.05, 0) is 43.7 Å². The molecule has 0 bridgehead atoms. The van der Waals surface area contributed by atoms with Gasteiger partial charge in [0.1, 0.15) is 11.6 Å². The molecule has 0 aliphatic rings. The van der Waals surface area contributed by atoms with Crippen LogP contribution in [0.4, 0.5) is 15.9 Å². The number of hydrogen-bond donors (Lipinski definition) is 1. The number of hydrazone groups is 1. The number of halogens is 1. The van der Waals surface area contributed by atoms with Crippen LogP contribution in [-0.2, 0) is 0 Å². The van der Waals surface area contributed by atoms with E-state index in [9.17, 15) is 4.39 Å². The third kappa shape index (κ3) is 4.47. The Morgan fingerprint density at radius 1 is 1.04 bits per heavy atom. The van der Waals surface area contributed by atoms with Gasteiger partial charge in [-0.1, -0.05) is 24.3 Å². The van der Waals surface area contributed by atoms with Crippen LogP contribution in [0.3, 0.4) is 0 Å². The van der Waals surface area contributed by atoms with Gasteiger partial charge in [0.05, 0.1) is 11.4 Å². The highest BCUT2D eigenvalue weighted by atomic mass is 19.1. The van der Waals surface area contributed by atoms with E-state index in [1.165, 1.54) is 6.07 Å². The molecule has 0 saturated carbocycles. The molecule has 1 heterocycles. The van der Waals surface area contributed by atoms with Gasteiger partial charge in [-0.25, -0.2) is 14.4 Å². The Morgan fingerprint density at radius 3 is 2.41 bits per heavy atom. The SMILES string of the molecule is CC(=NNc1cc(-c2ccccc2F)nc(C)n1)c1ccc(N(C)C)cc1. The van der Waals surface area contributed by atoms with E-state index in [0.717, 1.165) is 17.0 Å². The van der Waals surface area contributed by atoms with Gasteiger partial charge in [0.15, 0.2) is 5.82 Å². The number of nitrogens with one attached hydrogen (secondary N) is 1. The Bertz CT molecular complexity index is 965. The smallest absolute Gasteiger partial charge is 0.150 e. The molecule has 1 N–H and O–H groups in total. The summed E-state index contributed by atoms with van der Waals surface area (Å²) >= 11 is 0. The molecule has 0 atom stereocenters. The van der Waals surface area contributed by atoms with E-state index in [-0.39, 0.29) is 5.82 Å². The third-order valence-electron chi connectivity index (χ3n) is 4.13. The average molecular weight is 363 g/mol. The zero-order chi connectivity index (χ0) is 19.4. The third-order valence-corrected chi connectivity index (χ3v) is 4.13. The minimum atomic E-state index is -0.317. The van der Waals surface area contributed by atoms with Gasteiger partial charge >= 0.3 is 0 Å². The molecular formula is C21H22FN5. The largest absolute Gasteiger partial charge is 0.378 e. The minimum Gasteiger partial charge on any atom is -0.378 e. The van der Waals surface area contributed by atoms with Crippen molar-refractivity contribution in [1.29, 1.82) is 0 Å². The lowest BCUT2D eigenvalue weighted by atomic mass is 10.1. The van der Waals surface area contributed by atoms with Crippen LogP contribution in [0.2, 0.25) is 0 Å². The van der Waals surface area contributed by atoms with Crippen LogP contribution in [0.5, 0.6) is 0 Å². The molecule has 1 aromatic heterocycles. The van der Waals surface area contributed by atoms with Gasteiger partial charge in [0, 0.05) is 31.4 Å². The summed E-state index contributed by atoms with van der Waals surface area (Å²) in [6, 6.07) is 16.4. The molecule has 27 heavy (non-hydrogen) atoms. The van der Waals surface area contributed by atoms with Crippen molar-refractivity contribution >= 4 is 17.2 Å². The van der Waals surface area contributed by atoms with E-state index in [1.54, 1.807) is 31.2 Å². The number of benzene rings is 2. The summed E-state index contributed by atoms with van der Waals surface area (Å²) in [6.45, 7) is 3.69. The Kier molecular flexibility index (Phi) is 5.45. The Balaban J connectivity index is 1.83. The van der Waals surface area contributed by atoms with Crippen molar-refractivity contribution in [3.05, 3.63) is 71.8 Å². The fourth-order valence-electron chi connectivity index (χ4n) is 2.64. The van der Waals surface area contributed by atoms with Crippen molar-refractivity contribution in [3.63, 3.8) is 0 Å². The molecule has 0 aliphatic carbocycles. The van der Waals surface area contributed by atoms with Gasteiger partial charge in [-0.3, -0.25) is 5.43 Å². The van der Waals surface area contributed by atoms with Gasteiger partial charge in [0.25, 0.3) is 0 Å². The minimum absolute atomic E-state index is 0.317. The lowest BCUT2D eigenvalue weighted by molar-refractivity contribution is 0.630. The summed E-state index contributed by atoms with van der Waals surface area (Å²) in [5, 5.41) is 4.41. The van der Waals surface area contributed by atoms with Crippen LogP contribution in [-0.4, -0.2) is 29.8 Å². The highest BCUT2D eigenvalue weighted by molar-refractivity contribution is 5.99. The predicted molar refractivity (Wildman–Crippen MR) is 109 cm³/mol. The first kappa shape index (κ1) is 18.5. The topological polar surface area (TPSA) is 53.4 Å². The van der Waals surface area contributed by atoms with Crippen LogP contribution in [0.1, 0.15) is 18.3 Å². The van der Waals surface area contributed by atoms with Crippen molar-refractivity contribution in [2.75, 3.05) is 24.4 Å². The molecule has 0 aliphatic heterocycles. The monoisotopic (exact) mass is 363 g/mol.